The molecular weight excluding hydrogens is 489 g/mol. The molecule has 0 saturated heterocycles. The first kappa shape index (κ1) is 17.1. The molecule has 3 atom stereocenters. The summed E-state index contributed by atoms with van der Waals surface area (Å²) in [7, 11) is -1.19. The molecule has 0 saturated carbocycles. The van der Waals surface area contributed by atoms with E-state index in [1.54, 1.807) is 11.1 Å². The number of halogens is 2. The molecule has 4 heteroatoms. The van der Waals surface area contributed by atoms with Crippen molar-refractivity contribution < 1.29 is 0 Å². The summed E-state index contributed by atoms with van der Waals surface area (Å²) in [5, 5.41) is 0. The monoisotopic (exact) mass is 511 g/mol. The highest BCUT2D eigenvalue weighted by Crippen LogP contribution is 2.51. The molecule has 2 aliphatic rings. The lowest BCUT2D eigenvalue weighted by atomic mass is 9.77. The second kappa shape index (κ2) is 6.13. The van der Waals surface area contributed by atoms with Crippen LogP contribution in [0.5, 0.6) is 0 Å². The van der Waals surface area contributed by atoms with Crippen molar-refractivity contribution in [2.24, 2.45) is 0 Å². The molecule has 0 amide bonds. The Bertz CT molecular complexity index is 785. The molecule has 2 aromatic carbocycles. The van der Waals surface area contributed by atoms with Gasteiger partial charge in [0, 0.05) is 26.2 Å². The van der Waals surface area contributed by atoms with E-state index in [1.165, 1.54) is 28.3 Å². The summed E-state index contributed by atoms with van der Waals surface area (Å²) in [5.74, 6) is 0.515. The number of anilines is 1. The molecular formula is C20H23BrINSi. The van der Waals surface area contributed by atoms with Gasteiger partial charge in [-0.05, 0) is 41.3 Å². The zero-order chi connectivity index (χ0) is 17.1. The third-order valence-corrected chi connectivity index (χ3v) is 8.12. The van der Waals surface area contributed by atoms with E-state index >= 15 is 0 Å². The maximum Gasteiger partial charge on any atom is 0.0665 e. The fourth-order valence-electron chi connectivity index (χ4n) is 4.37. The van der Waals surface area contributed by atoms with Crippen LogP contribution >= 0.6 is 38.5 Å². The lowest BCUT2D eigenvalue weighted by Crippen LogP contribution is -2.50. The second-order valence-corrected chi connectivity index (χ2v) is 16.2. The van der Waals surface area contributed by atoms with Gasteiger partial charge in [0.2, 0.25) is 0 Å². The topological polar surface area (TPSA) is 3.24 Å². The molecule has 24 heavy (non-hydrogen) atoms. The summed E-state index contributed by atoms with van der Waals surface area (Å²) in [6, 6.07) is 16.6. The summed E-state index contributed by atoms with van der Waals surface area (Å²) in [6.07, 6.45) is 2.43. The fraction of sp³-hybridized carbons (Fsp3) is 0.400. The molecule has 0 N–H and O–H groups in total. The largest absolute Gasteiger partial charge is 0.369 e. The Morgan fingerprint density at radius 2 is 1.88 bits per heavy atom. The highest BCUT2D eigenvalue weighted by Gasteiger charge is 2.47. The maximum absolute atomic E-state index is 3.71. The maximum atomic E-state index is 3.71. The summed E-state index contributed by atoms with van der Waals surface area (Å²) in [5.41, 5.74) is 6.07. The predicted molar refractivity (Wildman–Crippen MR) is 118 cm³/mol. The number of rotatable bonds is 2. The molecule has 1 nitrogen and oxygen atoms in total. The lowest BCUT2D eigenvalue weighted by molar-refractivity contribution is 0.545. The van der Waals surface area contributed by atoms with E-state index in [9.17, 15) is 0 Å². The molecule has 0 spiro atoms. The molecule has 2 aromatic rings. The van der Waals surface area contributed by atoms with E-state index < -0.39 is 8.07 Å². The van der Waals surface area contributed by atoms with Gasteiger partial charge in [0.25, 0.3) is 0 Å². The van der Waals surface area contributed by atoms with Crippen LogP contribution in [0.2, 0.25) is 19.6 Å². The quantitative estimate of drug-likeness (QED) is 0.271. The number of fused-ring (bicyclic) bond motifs is 5. The number of nitrogens with zero attached hydrogens (tertiary/aromatic N) is 1. The van der Waals surface area contributed by atoms with Crippen molar-refractivity contribution in [3.8, 4) is 0 Å². The predicted octanol–water partition coefficient (Wildman–Crippen LogP) is 6.01. The van der Waals surface area contributed by atoms with E-state index in [2.05, 4.69) is 106 Å². The number of hydrogen-bond donors (Lipinski definition) is 0. The highest BCUT2D eigenvalue weighted by molar-refractivity contribution is 14.1. The molecule has 3 unspecified atom stereocenters. The van der Waals surface area contributed by atoms with Crippen LogP contribution < -0.4 is 4.90 Å². The van der Waals surface area contributed by atoms with Crippen molar-refractivity contribution in [3.05, 3.63) is 63.6 Å². The van der Waals surface area contributed by atoms with Crippen molar-refractivity contribution in [1.82, 2.24) is 0 Å². The minimum Gasteiger partial charge on any atom is -0.369 e. The SMILES string of the molecule is C[Si](C)(C)CN1c2ccc(Br)cc2C2c3ccccc3CC(I)C21. The van der Waals surface area contributed by atoms with E-state index in [1.807, 2.05) is 0 Å². The van der Waals surface area contributed by atoms with Gasteiger partial charge in [-0.1, -0.05) is 82.4 Å². The summed E-state index contributed by atoms with van der Waals surface area (Å²) >= 11 is 6.41. The van der Waals surface area contributed by atoms with Crippen LogP contribution in [-0.2, 0) is 6.42 Å². The van der Waals surface area contributed by atoms with E-state index in [-0.39, 0.29) is 0 Å². The molecule has 0 aromatic heterocycles. The van der Waals surface area contributed by atoms with Crippen molar-refractivity contribution in [2.75, 3.05) is 11.1 Å². The van der Waals surface area contributed by atoms with Gasteiger partial charge in [-0.3, -0.25) is 0 Å². The smallest absolute Gasteiger partial charge is 0.0665 e. The van der Waals surface area contributed by atoms with Crippen molar-refractivity contribution >= 4 is 52.3 Å². The zero-order valence-corrected chi connectivity index (χ0v) is 19.1. The van der Waals surface area contributed by atoms with Crippen molar-refractivity contribution in [1.29, 1.82) is 0 Å². The standard InChI is InChI=1S/C20H23BrINSi/c1-24(2,3)12-23-18-9-8-14(21)11-16(18)19-15-7-5-4-6-13(15)10-17(22)20(19)23/h4-9,11,17,19-20H,10,12H2,1-3H3. The highest BCUT2D eigenvalue weighted by atomic mass is 127. The molecule has 0 radical (unpaired) electrons. The van der Waals surface area contributed by atoms with E-state index in [4.69, 9.17) is 0 Å². The first-order valence-corrected chi connectivity index (χ1v) is 14.4. The van der Waals surface area contributed by atoms with Crippen LogP contribution in [0.3, 0.4) is 0 Å². The normalized spacial score (nSPS) is 25.2. The van der Waals surface area contributed by atoms with Crippen LogP contribution in [0, 0.1) is 0 Å². The van der Waals surface area contributed by atoms with Crippen LogP contribution in [0.25, 0.3) is 0 Å². The fourth-order valence-corrected chi connectivity index (χ4v) is 7.43. The molecule has 1 aliphatic carbocycles. The Morgan fingerprint density at radius 3 is 2.62 bits per heavy atom. The molecule has 126 valence electrons. The van der Waals surface area contributed by atoms with E-state index in [0.717, 1.165) is 0 Å². The third kappa shape index (κ3) is 2.88. The van der Waals surface area contributed by atoms with Gasteiger partial charge in [0.1, 0.15) is 0 Å². The van der Waals surface area contributed by atoms with Gasteiger partial charge < -0.3 is 4.90 Å². The Balaban J connectivity index is 1.90. The molecule has 4 rings (SSSR count). The average molecular weight is 512 g/mol. The first-order valence-electron chi connectivity index (χ1n) is 8.63. The van der Waals surface area contributed by atoms with Crippen LogP contribution in [0.4, 0.5) is 5.69 Å². The van der Waals surface area contributed by atoms with Gasteiger partial charge in [-0.15, -0.1) is 0 Å². The van der Waals surface area contributed by atoms with Crippen LogP contribution in [0.15, 0.2) is 46.9 Å². The van der Waals surface area contributed by atoms with Gasteiger partial charge >= 0.3 is 0 Å². The second-order valence-electron chi connectivity index (χ2n) is 8.28. The first-order chi connectivity index (χ1) is 11.3. The Hall–Kier alpha value is -0.333. The number of benzene rings is 2. The van der Waals surface area contributed by atoms with Crippen LogP contribution in [0.1, 0.15) is 22.6 Å². The lowest BCUT2D eigenvalue weighted by Gasteiger charge is -2.40. The van der Waals surface area contributed by atoms with Crippen LogP contribution in [-0.4, -0.2) is 24.2 Å². The minimum absolute atomic E-state index is 0.515. The Morgan fingerprint density at radius 1 is 1.12 bits per heavy atom. The third-order valence-electron chi connectivity index (χ3n) is 5.16. The van der Waals surface area contributed by atoms with Gasteiger partial charge in [-0.2, -0.15) is 0 Å². The molecule has 1 aliphatic heterocycles. The van der Waals surface area contributed by atoms with Gasteiger partial charge in [0.05, 0.1) is 14.1 Å². The van der Waals surface area contributed by atoms with E-state index in [0.29, 0.717) is 15.9 Å². The minimum atomic E-state index is -1.19. The zero-order valence-electron chi connectivity index (χ0n) is 14.4. The Kier molecular flexibility index (Phi) is 4.37. The average Bonchev–Trinajstić information content (AvgIpc) is 2.80. The van der Waals surface area contributed by atoms with Crippen molar-refractivity contribution in [2.45, 2.75) is 41.9 Å². The van der Waals surface area contributed by atoms with Gasteiger partial charge in [0.15, 0.2) is 0 Å². The van der Waals surface area contributed by atoms with Crippen molar-refractivity contribution in [3.63, 3.8) is 0 Å². The molecule has 0 bridgehead atoms. The summed E-state index contributed by atoms with van der Waals surface area (Å²) in [4.78, 5) is 2.76. The number of hydrogen-bond acceptors (Lipinski definition) is 1. The van der Waals surface area contributed by atoms with Gasteiger partial charge in [-0.25, -0.2) is 0 Å². The molecule has 0 fully saturated rings. The Labute approximate surface area is 168 Å². The number of alkyl halides is 1. The molecule has 1 heterocycles. The summed E-state index contributed by atoms with van der Waals surface area (Å²) in [6.45, 7) is 7.45. The summed E-state index contributed by atoms with van der Waals surface area (Å²) < 4.78 is 1.85.